The zero-order chi connectivity index (χ0) is 13.2. The van der Waals surface area contributed by atoms with Crippen LogP contribution >= 0.6 is 11.8 Å². The normalized spacial score (nSPS) is 26.2. The molecule has 4 nitrogen and oxygen atoms in total. The van der Waals surface area contributed by atoms with E-state index in [1.807, 2.05) is 18.8 Å². The van der Waals surface area contributed by atoms with Crippen LogP contribution in [0.5, 0.6) is 0 Å². The molecule has 1 atom stereocenters. The summed E-state index contributed by atoms with van der Waals surface area (Å²) >= 11 is 1.87. The van der Waals surface area contributed by atoms with Gasteiger partial charge < -0.3 is 10.0 Å². The third-order valence-corrected chi connectivity index (χ3v) is 5.50. The summed E-state index contributed by atoms with van der Waals surface area (Å²) < 4.78 is 0. The van der Waals surface area contributed by atoms with Crippen LogP contribution in [0.15, 0.2) is 0 Å². The summed E-state index contributed by atoms with van der Waals surface area (Å²) in [5.41, 5.74) is -0.781. The van der Waals surface area contributed by atoms with E-state index in [0.29, 0.717) is 18.9 Å². The molecule has 1 amide bonds. The van der Waals surface area contributed by atoms with Gasteiger partial charge in [0.25, 0.3) is 0 Å². The van der Waals surface area contributed by atoms with E-state index < -0.39 is 11.4 Å². The van der Waals surface area contributed by atoms with Crippen LogP contribution in [0.25, 0.3) is 0 Å². The first-order valence-corrected chi connectivity index (χ1v) is 7.77. The Hall–Kier alpha value is -0.710. The maximum Gasteiger partial charge on any atom is 0.310 e. The van der Waals surface area contributed by atoms with Gasteiger partial charge in [-0.25, -0.2) is 0 Å². The van der Waals surface area contributed by atoms with Crippen molar-refractivity contribution in [2.45, 2.75) is 44.6 Å². The molecule has 2 rings (SSSR count). The average Bonchev–Trinajstić information content (AvgIpc) is 2.99. The Balaban J connectivity index is 1.98. The predicted molar refractivity (Wildman–Crippen MR) is 71.7 cm³/mol. The lowest BCUT2D eigenvalue weighted by molar-refractivity contribution is -0.153. The van der Waals surface area contributed by atoms with Crippen LogP contribution in [0.1, 0.15) is 38.5 Å². The molecule has 1 N–H and O–H groups in total. The average molecular weight is 271 g/mol. The molecule has 1 aliphatic heterocycles. The molecule has 2 fully saturated rings. The molecule has 1 unspecified atom stereocenters. The van der Waals surface area contributed by atoms with Crippen LogP contribution in [0.3, 0.4) is 0 Å². The van der Waals surface area contributed by atoms with Crippen LogP contribution < -0.4 is 0 Å². The number of amides is 1. The van der Waals surface area contributed by atoms with E-state index in [1.165, 1.54) is 0 Å². The molecule has 1 saturated carbocycles. The minimum absolute atomic E-state index is 0.00630. The third-order valence-electron chi connectivity index (χ3n) is 4.35. The molecule has 0 aromatic heterocycles. The topological polar surface area (TPSA) is 57.6 Å². The molecular formula is C13H21NO3S. The summed E-state index contributed by atoms with van der Waals surface area (Å²) in [6.07, 6.45) is 4.39. The minimum atomic E-state index is -0.789. The Morgan fingerprint density at radius 2 is 2.06 bits per heavy atom. The van der Waals surface area contributed by atoms with Crippen molar-refractivity contribution < 1.29 is 14.7 Å². The van der Waals surface area contributed by atoms with E-state index in [0.717, 1.165) is 30.8 Å². The highest BCUT2D eigenvalue weighted by atomic mass is 32.2. The minimum Gasteiger partial charge on any atom is -0.481 e. The second-order valence-electron chi connectivity index (χ2n) is 5.49. The number of carboxylic acid groups (broad SMARTS) is 1. The second-order valence-corrected chi connectivity index (χ2v) is 6.64. The van der Waals surface area contributed by atoms with Crippen molar-refractivity contribution in [2.75, 3.05) is 18.6 Å². The molecule has 0 spiro atoms. The van der Waals surface area contributed by atoms with E-state index in [2.05, 4.69) is 0 Å². The summed E-state index contributed by atoms with van der Waals surface area (Å²) in [6, 6.07) is 0.301. The zero-order valence-corrected chi connectivity index (χ0v) is 11.7. The van der Waals surface area contributed by atoms with Crippen LogP contribution in [0.4, 0.5) is 0 Å². The van der Waals surface area contributed by atoms with Crippen molar-refractivity contribution in [1.29, 1.82) is 0 Å². The highest BCUT2D eigenvalue weighted by Gasteiger charge is 2.44. The SMILES string of the molecule is CN(C(=O)CC1(C(=O)O)CCCC1)C1CCSC1. The number of carbonyl (C=O) groups is 2. The number of hydrogen-bond donors (Lipinski definition) is 1. The molecule has 0 aromatic carbocycles. The molecule has 2 aliphatic rings. The Morgan fingerprint density at radius 3 is 2.56 bits per heavy atom. The number of carbonyl (C=O) groups excluding carboxylic acids is 1. The Morgan fingerprint density at radius 1 is 1.39 bits per heavy atom. The van der Waals surface area contributed by atoms with Gasteiger partial charge in [0.2, 0.25) is 5.91 Å². The molecule has 1 heterocycles. The molecule has 1 aliphatic carbocycles. The number of nitrogens with zero attached hydrogens (tertiary/aromatic N) is 1. The van der Waals surface area contributed by atoms with Gasteiger partial charge in [0.15, 0.2) is 0 Å². The first-order valence-electron chi connectivity index (χ1n) is 6.62. The third kappa shape index (κ3) is 2.66. The Kier molecular flexibility index (Phi) is 4.20. The molecule has 18 heavy (non-hydrogen) atoms. The van der Waals surface area contributed by atoms with Crippen molar-refractivity contribution in [3.05, 3.63) is 0 Å². The van der Waals surface area contributed by atoms with Crippen LogP contribution in [0.2, 0.25) is 0 Å². The fourth-order valence-corrected chi connectivity index (χ4v) is 4.23. The van der Waals surface area contributed by atoms with Crippen LogP contribution in [-0.2, 0) is 9.59 Å². The lowest BCUT2D eigenvalue weighted by Gasteiger charge is -2.29. The number of carboxylic acids is 1. The van der Waals surface area contributed by atoms with E-state index in [4.69, 9.17) is 0 Å². The van der Waals surface area contributed by atoms with Crippen molar-refractivity contribution in [1.82, 2.24) is 4.90 Å². The standard InChI is InChI=1S/C13H21NO3S/c1-14(10-4-7-18-9-10)11(15)8-13(12(16)17)5-2-3-6-13/h10H,2-9H2,1H3,(H,16,17). The predicted octanol–water partition coefficient (Wildman–Crippen LogP) is 1.99. The maximum atomic E-state index is 12.2. The van der Waals surface area contributed by atoms with Crippen molar-refractivity contribution in [3.8, 4) is 0 Å². The largest absolute Gasteiger partial charge is 0.481 e. The highest BCUT2D eigenvalue weighted by molar-refractivity contribution is 7.99. The van der Waals surface area contributed by atoms with E-state index >= 15 is 0 Å². The van der Waals surface area contributed by atoms with Crippen LogP contribution in [0, 0.1) is 5.41 Å². The lowest BCUT2D eigenvalue weighted by Crippen LogP contribution is -2.41. The first kappa shape index (κ1) is 13.7. The molecule has 0 radical (unpaired) electrons. The number of thioether (sulfide) groups is 1. The van der Waals surface area contributed by atoms with Crippen molar-refractivity contribution in [3.63, 3.8) is 0 Å². The second kappa shape index (κ2) is 5.51. The fraction of sp³-hybridized carbons (Fsp3) is 0.846. The molecule has 5 heteroatoms. The number of hydrogen-bond acceptors (Lipinski definition) is 3. The number of rotatable bonds is 4. The molecule has 0 aromatic rings. The van der Waals surface area contributed by atoms with Crippen molar-refractivity contribution in [2.24, 2.45) is 5.41 Å². The van der Waals surface area contributed by atoms with Gasteiger partial charge in [-0.2, -0.15) is 11.8 Å². The Labute approximate surface area is 112 Å². The fourth-order valence-electron chi connectivity index (χ4n) is 2.96. The molecule has 102 valence electrons. The summed E-state index contributed by atoms with van der Waals surface area (Å²) in [7, 11) is 1.82. The zero-order valence-electron chi connectivity index (χ0n) is 10.9. The van der Waals surface area contributed by atoms with Gasteiger partial charge in [0.1, 0.15) is 0 Å². The lowest BCUT2D eigenvalue weighted by atomic mass is 9.82. The summed E-state index contributed by atoms with van der Waals surface area (Å²) in [6.45, 7) is 0. The van der Waals surface area contributed by atoms with Gasteiger partial charge in [-0.15, -0.1) is 0 Å². The monoisotopic (exact) mass is 271 g/mol. The number of aliphatic carboxylic acids is 1. The maximum absolute atomic E-state index is 12.2. The van der Waals surface area contributed by atoms with Gasteiger partial charge in [-0.3, -0.25) is 9.59 Å². The van der Waals surface area contributed by atoms with Gasteiger partial charge in [0.05, 0.1) is 5.41 Å². The van der Waals surface area contributed by atoms with E-state index in [1.54, 1.807) is 4.90 Å². The van der Waals surface area contributed by atoms with Gasteiger partial charge in [0, 0.05) is 25.3 Å². The van der Waals surface area contributed by atoms with E-state index in [-0.39, 0.29) is 12.3 Å². The summed E-state index contributed by atoms with van der Waals surface area (Å²) in [5, 5.41) is 9.38. The van der Waals surface area contributed by atoms with Crippen molar-refractivity contribution >= 4 is 23.6 Å². The van der Waals surface area contributed by atoms with E-state index in [9.17, 15) is 14.7 Å². The summed E-state index contributed by atoms with van der Waals surface area (Å²) in [4.78, 5) is 25.5. The van der Waals surface area contributed by atoms with Crippen LogP contribution in [-0.4, -0.2) is 46.5 Å². The highest BCUT2D eigenvalue weighted by Crippen LogP contribution is 2.42. The van der Waals surface area contributed by atoms with Gasteiger partial charge in [-0.05, 0) is 25.0 Å². The molecular weight excluding hydrogens is 250 g/mol. The first-order chi connectivity index (χ1) is 8.55. The Bertz CT molecular complexity index is 333. The molecule has 1 saturated heterocycles. The summed E-state index contributed by atoms with van der Waals surface area (Å²) in [5.74, 6) is 1.31. The smallest absolute Gasteiger partial charge is 0.310 e. The quantitative estimate of drug-likeness (QED) is 0.849. The van der Waals surface area contributed by atoms with Gasteiger partial charge in [-0.1, -0.05) is 12.8 Å². The molecule has 0 bridgehead atoms. The van der Waals surface area contributed by atoms with Gasteiger partial charge >= 0.3 is 5.97 Å².